The molecule has 7 nitrogen and oxygen atoms in total. The summed E-state index contributed by atoms with van der Waals surface area (Å²) in [6, 6.07) is 7.73. The third kappa shape index (κ3) is 5.61. The summed E-state index contributed by atoms with van der Waals surface area (Å²) >= 11 is 0. The van der Waals surface area contributed by atoms with Crippen molar-refractivity contribution in [2.75, 3.05) is 13.7 Å². The van der Waals surface area contributed by atoms with Gasteiger partial charge in [0.15, 0.2) is 0 Å². The maximum absolute atomic E-state index is 11.5. The number of benzene rings is 1. The van der Waals surface area contributed by atoms with Gasteiger partial charge in [-0.15, -0.1) is 5.10 Å². The molecule has 0 aliphatic heterocycles. The van der Waals surface area contributed by atoms with E-state index >= 15 is 0 Å². The summed E-state index contributed by atoms with van der Waals surface area (Å²) in [4.78, 5) is 11.5. The van der Waals surface area contributed by atoms with Crippen LogP contribution in [-0.2, 0) is 17.9 Å². The first-order valence-electron chi connectivity index (χ1n) is 7.49. The van der Waals surface area contributed by atoms with E-state index in [1.165, 1.54) is 0 Å². The van der Waals surface area contributed by atoms with Gasteiger partial charge in [-0.1, -0.05) is 31.2 Å². The third-order valence-corrected chi connectivity index (χ3v) is 3.10. The van der Waals surface area contributed by atoms with Gasteiger partial charge in [0.05, 0.1) is 19.9 Å². The molecule has 7 heteroatoms. The van der Waals surface area contributed by atoms with Crippen LogP contribution in [0.4, 0.5) is 4.79 Å². The van der Waals surface area contributed by atoms with Gasteiger partial charge in [0.2, 0.25) is 0 Å². The maximum Gasteiger partial charge on any atom is 0.407 e. The number of ether oxygens (including phenoxy) is 2. The largest absolute Gasteiger partial charge is 0.497 e. The second kappa shape index (κ2) is 8.17. The molecule has 124 valence electrons. The first kappa shape index (κ1) is 16.8. The van der Waals surface area contributed by atoms with E-state index in [4.69, 9.17) is 9.47 Å². The number of carbonyl (C=O) groups excluding carboxylic acids is 1. The summed E-state index contributed by atoms with van der Waals surface area (Å²) in [5.41, 5.74) is 1.69. The highest BCUT2D eigenvalue weighted by molar-refractivity contribution is 5.67. The molecule has 0 unspecified atom stereocenters. The second-order valence-electron chi connectivity index (χ2n) is 5.61. The minimum atomic E-state index is -0.441. The lowest BCUT2D eigenvalue weighted by Gasteiger charge is -2.07. The average Bonchev–Trinajstić information content (AvgIpc) is 2.99. The molecule has 0 bridgehead atoms. The number of nitrogens with one attached hydrogen (secondary N) is 1. The summed E-state index contributed by atoms with van der Waals surface area (Å²) in [7, 11) is 1.63. The van der Waals surface area contributed by atoms with Crippen molar-refractivity contribution < 1.29 is 14.3 Å². The van der Waals surface area contributed by atoms with E-state index in [1.807, 2.05) is 38.1 Å². The zero-order valence-corrected chi connectivity index (χ0v) is 13.7. The first-order valence-corrected chi connectivity index (χ1v) is 7.49. The number of alkyl carbamates (subject to hydrolysis) is 1. The third-order valence-electron chi connectivity index (χ3n) is 3.10. The van der Waals surface area contributed by atoms with E-state index in [0.29, 0.717) is 24.7 Å². The summed E-state index contributed by atoms with van der Waals surface area (Å²) in [5.74, 6) is 1.20. The molecule has 0 atom stereocenters. The molecule has 1 aromatic carbocycles. The van der Waals surface area contributed by atoms with Gasteiger partial charge in [-0.2, -0.15) is 0 Å². The van der Waals surface area contributed by atoms with E-state index in [1.54, 1.807) is 18.0 Å². The number of amides is 1. The summed E-state index contributed by atoms with van der Waals surface area (Å²) in [6.07, 6.45) is 1.32. The van der Waals surface area contributed by atoms with E-state index in [-0.39, 0.29) is 6.61 Å². The number of methoxy groups -OCH3 is 1. The lowest BCUT2D eigenvalue weighted by molar-refractivity contribution is 0.137. The van der Waals surface area contributed by atoms with Crippen molar-refractivity contribution in [2.45, 2.75) is 27.0 Å². The summed E-state index contributed by atoms with van der Waals surface area (Å²) < 4.78 is 11.9. The Morgan fingerprint density at radius 3 is 2.70 bits per heavy atom. The fourth-order valence-electron chi connectivity index (χ4n) is 1.88. The van der Waals surface area contributed by atoms with Crippen molar-refractivity contribution in [1.29, 1.82) is 0 Å². The quantitative estimate of drug-likeness (QED) is 0.847. The summed E-state index contributed by atoms with van der Waals surface area (Å²) in [6.45, 7) is 5.32. The topological polar surface area (TPSA) is 78.3 Å². The van der Waals surface area contributed by atoms with Crippen molar-refractivity contribution in [3.63, 3.8) is 0 Å². The molecule has 2 rings (SSSR count). The van der Waals surface area contributed by atoms with Gasteiger partial charge < -0.3 is 14.8 Å². The predicted molar refractivity (Wildman–Crippen MR) is 85.1 cm³/mol. The van der Waals surface area contributed by atoms with Crippen LogP contribution in [-0.4, -0.2) is 34.7 Å². The molecule has 1 amide bonds. The molecule has 1 heterocycles. The number of hydrogen-bond donors (Lipinski definition) is 1. The Kier molecular flexibility index (Phi) is 5.96. The fraction of sp³-hybridized carbons (Fsp3) is 0.438. The normalized spacial score (nSPS) is 10.6. The number of rotatable bonds is 7. The monoisotopic (exact) mass is 318 g/mol. The van der Waals surface area contributed by atoms with Crippen molar-refractivity contribution in [3.05, 3.63) is 41.7 Å². The lowest BCUT2D eigenvalue weighted by Crippen LogP contribution is -2.27. The highest BCUT2D eigenvalue weighted by Crippen LogP contribution is 2.12. The molecule has 2 aromatic rings. The minimum absolute atomic E-state index is 0.104. The highest BCUT2D eigenvalue weighted by Gasteiger charge is 2.07. The second-order valence-corrected chi connectivity index (χ2v) is 5.61. The van der Waals surface area contributed by atoms with Gasteiger partial charge in [0, 0.05) is 6.54 Å². The Bertz CT molecular complexity index is 623. The van der Waals surface area contributed by atoms with Crippen LogP contribution in [0.2, 0.25) is 0 Å². The van der Waals surface area contributed by atoms with Gasteiger partial charge in [-0.3, -0.25) is 0 Å². The molecule has 0 aliphatic rings. The molecule has 0 saturated heterocycles. The Morgan fingerprint density at radius 2 is 2.04 bits per heavy atom. The van der Waals surface area contributed by atoms with E-state index in [9.17, 15) is 4.79 Å². The molecule has 0 radical (unpaired) electrons. The Morgan fingerprint density at radius 1 is 1.30 bits per heavy atom. The van der Waals surface area contributed by atoms with E-state index in [2.05, 4.69) is 15.6 Å². The SMILES string of the molecule is COc1ccc(Cn2cc(COC(=O)NCC(C)C)nn2)cc1. The average molecular weight is 318 g/mol. The number of carbonyl (C=O) groups is 1. The van der Waals surface area contributed by atoms with Crippen LogP contribution in [0.1, 0.15) is 25.1 Å². The molecule has 1 N–H and O–H groups in total. The zero-order chi connectivity index (χ0) is 16.7. The molecule has 0 aliphatic carbocycles. The Hall–Kier alpha value is -2.57. The maximum atomic E-state index is 11.5. The molecule has 0 saturated carbocycles. The number of nitrogens with zero attached hydrogens (tertiary/aromatic N) is 3. The van der Waals surface area contributed by atoms with E-state index < -0.39 is 6.09 Å². The highest BCUT2D eigenvalue weighted by atomic mass is 16.5. The van der Waals surface area contributed by atoms with Gasteiger partial charge >= 0.3 is 6.09 Å². The fourth-order valence-corrected chi connectivity index (χ4v) is 1.88. The van der Waals surface area contributed by atoms with Gasteiger partial charge in [0.1, 0.15) is 18.1 Å². The molecule has 23 heavy (non-hydrogen) atoms. The van der Waals surface area contributed by atoms with Gasteiger partial charge in [-0.25, -0.2) is 9.48 Å². The van der Waals surface area contributed by atoms with Crippen LogP contribution in [0.25, 0.3) is 0 Å². The first-order chi connectivity index (χ1) is 11.1. The molecular formula is C16H22N4O3. The minimum Gasteiger partial charge on any atom is -0.497 e. The van der Waals surface area contributed by atoms with Crippen molar-refractivity contribution in [3.8, 4) is 5.75 Å². The van der Waals surface area contributed by atoms with Crippen molar-refractivity contribution in [2.24, 2.45) is 5.92 Å². The Labute approximate surface area is 135 Å². The standard InChI is InChI=1S/C16H22N4O3/c1-12(2)8-17-16(21)23-11-14-10-20(19-18-14)9-13-4-6-15(22-3)7-5-13/h4-7,10,12H,8-9,11H2,1-3H3,(H,17,21). The van der Waals surface area contributed by atoms with E-state index in [0.717, 1.165) is 11.3 Å². The zero-order valence-electron chi connectivity index (χ0n) is 13.7. The molecule has 1 aromatic heterocycles. The van der Waals surface area contributed by atoms with Gasteiger partial charge in [0.25, 0.3) is 0 Å². The van der Waals surface area contributed by atoms with Crippen LogP contribution < -0.4 is 10.1 Å². The summed E-state index contributed by atoms with van der Waals surface area (Å²) in [5, 5.41) is 10.7. The smallest absolute Gasteiger partial charge is 0.407 e. The van der Waals surface area contributed by atoms with Crippen molar-refractivity contribution in [1.82, 2.24) is 20.3 Å². The Balaban J connectivity index is 1.81. The molecule has 0 fully saturated rings. The van der Waals surface area contributed by atoms with Crippen LogP contribution in [0.5, 0.6) is 5.75 Å². The number of aromatic nitrogens is 3. The lowest BCUT2D eigenvalue weighted by atomic mass is 10.2. The van der Waals surface area contributed by atoms with Crippen LogP contribution in [0.3, 0.4) is 0 Å². The predicted octanol–water partition coefficient (Wildman–Crippen LogP) is 2.22. The van der Waals surface area contributed by atoms with Crippen LogP contribution >= 0.6 is 0 Å². The molecular weight excluding hydrogens is 296 g/mol. The van der Waals surface area contributed by atoms with Crippen LogP contribution in [0, 0.1) is 5.92 Å². The number of hydrogen-bond acceptors (Lipinski definition) is 5. The van der Waals surface area contributed by atoms with Gasteiger partial charge in [-0.05, 0) is 23.6 Å². The molecule has 0 spiro atoms. The van der Waals surface area contributed by atoms with Crippen LogP contribution in [0.15, 0.2) is 30.5 Å². The van der Waals surface area contributed by atoms with Crippen molar-refractivity contribution >= 4 is 6.09 Å².